The highest BCUT2D eigenvalue weighted by Crippen LogP contribution is 2.18. The summed E-state index contributed by atoms with van der Waals surface area (Å²) in [5.74, 6) is 0.760. The molecule has 0 aliphatic carbocycles. The van der Waals surface area contributed by atoms with Crippen molar-refractivity contribution in [2.75, 3.05) is 19.8 Å². The number of rotatable bonds is 3. The lowest BCUT2D eigenvalue weighted by atomic mass is 9.93. The lowest BCUT2D eigenvalue weighted by Gasteiger charge is -2.29. The second-order valence-corrected chi connectivity index (χ2v) is 4.90. The van der Waals surface area contributed by atoms with Crippen molar-refractivity contribution in [2.24, 2.45) is 5.92 Å². The molecule has 2 heterocycles. The molecule has 2 aliphatic rings. The van der Waals surface area contributed by atoms with Crippen LogP contribution in [-0.4, -0.2) is 37.7 Å². The number of carbonyl (C=O) groups is 1. The molecule has 2 N–H and O–H groups in total. The first-order chi connectivity index (χ1) is 7.77. The Balaban J connectivity index is 0.00000144. The molecule has 1 amide bonds. The monoisotopic (exact) mass is 262 g/mol. The van der Waals surface area contributed by atoms with E-state index in [0.29, 0.717) is 5.92 Å². The standard InChI is InChI=1S/C12H22N2O2.ClH/c1-9(10-4-7-16-8-5-10)14-12(15)11-3-2-6-13-11;/h9-11,13H,2-8H2,1H3,(H,14,15);1H. The molecule has 2 rings (SSSR count). The Hall–Kier alpha value is -0.320. The zero-order valence-corrected chi connectivity index (χ0v) is 11.2. The van der Waals surface area contributed by atoms with Gasteiger partial charge in [0.15, 0.2) is 0 Å². The van der Waals surface area contributed by atoms with Crippen LogP contribution < -0.4 is 10.6 Å². The average Bonchev–Trinajstić information content (AvgIpc) is 2.83. The van der Waals surface area contributed by atoms with Crippen molar-refractivity contribution in [3.05, 3.63) is 0 Å². The molecule has 17 heavy (non-hydrogen) atoms. The van der Waals surface area contributed by atoms with Gasteiger partial charge in [-0.3, -0.25) is 4.79 Å². The first kappa shape index (κ1) is 14.7. The van der Waals surface area contributed by atoms with E-state index in [1.165, 1.54) is 0 Å². The summed E-state index contributed by atoms with van der Waals surface area (Å²) in [6.45, 7) is 4.77. The Morgan fingerprint density at radius 3 is 2.65 bits per heavy atom. The van der Waals surface area contributed by atoms with Crippen molar-refractivity contribution in [1.82, 2.24) is 10.6 Å². The summed E-state index contributed by atoms with van der Waals surface area (Å²) in [6.07, 6.45) is 4.23. The molecule has 0 bridgehead atoms. The minimum absolute atomic E-state index is 0. The number of amides is 1. The van der Waals surface area contributed by atoms with Crippen molar-refractivity contribution in [2.45, 2.75) is 44.7 Å². The topological polar surface area (TPSA) is 50.4 Å². The van der Waals surface area contributed by atoms with E-state index in [0.717, 1.165) is 45.4 Å². The maximum atomic E-state index is 11.9. The van der Waals surface area contributed by atoms with Crippen LogP contribution in [-0.2, 0) is 9.53 Å². The molecular formula is C12H23ClN2O2. The maximum absolute atomic E-state index is 11.9. The van der Waals surface area contributed by atoms with E-state index in [9.17, 15) is 4.79 Å². The smallest absolute Gasteiger partial charge is 0.237 e. The lowest BCUT2D eigenvalue weighted by Crippen LogP contribution is -2.47. The fourth-order valence-electron chi connectivity index (χ4n) is 2.57. The number of carbonyl (C=O) groups excluding carboxylic acids is 1. The molecule has 2 aliphatic heterocycles. The molecule has 4 nitrogen and oxygen atoms in total. The fraction of sp³-hybridized carbons (Fsp3) is 0.917. The van der Waals surface area contributed by atoms with Gasteiger partial charge in [-0.15, -0.1) is 12.4 Å². The Bertz CT molecular complexity index is 239. The van der Waals surface area contributed by atoms with E-state index in [2.05, 4.69) is 17.6 Å². The summed E-state index contributed by atoms with van der Waals surface area (Å²) in [5, 5.41) is 6.36. The van der Waals surface area contributed by atoms with Gasteiger partial charge in [-0.1, -0.05) is 0 Å². The van der Waals surface area contributed by atoms with E-state index in [-0.39, 0.29) is 30.4 Å². The van der Waals surface area contributed by atoms with Crippen molar-refractivity contribution < 1.29 is 9.53 Å². The van der Waals surface area contributed by atoms with Crippen LogP contribution in [0.15, 0.2) is 0 Å². The van der Waals surface area contributed by atoms with Gasteiger partial charge in [-0.25, -0.2) is 0 Å². The van der Waals surface area contributed by atoms with Gasteiger partial charge in [-0.2, -0.15) is 0 Å². The SMILES string of the molecule is CC(NC(=O)C1CCCN1)C1CCOCC1.Cl. The first-order valence-corrected chi connectivity index (χ1v) is 6.39. The molecular weight excluding hydrogens is 240 g/mol. The molecule has 0 aromatic carbocycles. The molecule has 0 aromatic rings. The number of halogens is 1. The van der Waals surface area contributed by atoms with Crippen LogP contribution in [0.3, 0.4) is 0 Å². The fourth-order valence-corrected chi connectivity index (χ4v) is 2.57. The van der Waals surface area contributed by atoms with Crippen LogP contribution in [0, 0.1) is 5.92 Å². The van der Waals surface area contributed by atoms with Gasteiger partial charge in [0.05, 0.1) is 6.04 Å². The molecule has 2 unspecified atom stereocenters. The number of hydrogen-bond donors (Lipinski definition) is 2. The van der Waals surface area contributed by atoms with Crippen LogP contribution in [0.2, 0.25) is 0 Å². The average molecular weight is 263 g/mol. The third kappa shape index (κ3) is 4.12. The first-order valence-electron chi connectivity index (χ1n) is 6.39. The Morgan fingerprint density at radius 1 is 1.35 bits per heavy atom. The van der Waals surface area contributed by atoms with Gasteiger partial charge in [-0.05, 0) is 45.1 Å². The van der Waals surface area contributed by atoms with Crippen molar-refractivity contribution in [3.8, 4) is 0 Å². The molecule has 0 radical (unpaired) electrons. The molecule has 100 valence electrons. The maximum Gasteiger partial charge on any atom is 0.237 e. The Kier molecular flexibility index (Phi) is 6.23. The minimum atomic E-state index is 0. The van der Waals surface area contributed by atoms with Crippen LogP contribution in [0.5, 0.6) is 0 Å². The predicted octanol–water partition coefficient (Wildman–Crippen LogP) is 1.09. The normalized spacial score (nSPS) is 27.2. The highest BCUT2D eigenvalue weighted by atomic mass is 35.5. The summed E-state index contributed by atoms with van der Waals surface area (Å²) in [4.78, 5) is 11.9. The van der Waals surface area contributed by atoms with E-state index >= 15 is 0 Å². The van der Waals surface area contributed by atoms with Gasteiger partial charge >= 0.3 is 0 Å². The quantitative estimate of drug-likeness (QED) is 0.801. The van der Waals surface area contributed by atoms with E-state index in [1.54, 1.807) is 0 Å². The Labute approximate surface area is 109 Å². The number of ether oxygens (including phenoxy) is 1. The summed E-state index contributed by atoms with van der Waals surface area (Å²) in [5.41, 5.74) is 0. The van der Waals surface area contributed by atoms with Crippen LogP contribution in [0.4, 0.5) is 0 Å². The van der Waals surface area contributed by atoms with E-state index < -0.39 is 0 Å². The van der Waals surface area contributed by atoms with E-state index in [1.807, 2.05) is 0 Å². The van der Waals surface area contributed by atoms with E-state index in [4.69, 9.17) is 4.74 Å². The number of nitrogens with one attached hydrogen (secondary N) is 2. The summed E-state index contributed by atoms with van der Waals surface area (Å²) in [6, 6.07) is 0.320. The highest BCUT2D eigenvalue weighted by molar-refractivity contribution is 5.85. The molecule has 5 heteroatoms. The summed E-state index contributed by atoms with van der Waals surface area (Å²) in [7, 11) is 0. The zero-order valence-electron chi connectivity index (χ0n) is 10.4. The van der Waals surface area contributed by atoms with Crippen LogP contribution in [0.25, 0.3) is 0 Å². The largest absolute Gasteiger partial charge is 0.381 e. The summed E-state index contributed by atoms with van der Waals surface area (Å²) >= 11 is 0. The molecule has 2 fully saturated rings. The predicted molar refractivity (Wildman–Crippen MR) is 69.4 cm³/mol. The van der Waals surface area contributed by atoms with Gasteiger partial charge < -0.3 is 15.4 Å². The van der Waals surface area contributed by atoms with Gasteiger partial charge in [0.1, 0.15) is 0 Å². The van der Waals surface area contributed by atoms with Crippen LogP contribution in [0.1, 0.15) is 32.6 Å². The molecule has 0 aromatic heterocycles. The van der Waals surface area contributed by atoms with Gasteiger partial charge in [0.25, 0.3) is 0 Å². The molecule has 2 atom stereocenters. The van der Waals surface area contributed by atoms with Crippen molar-refractivity contribution in [1.29, 1.82) is 0 Å². The van der Waals surface area contributed by atoms with Crippen LogP contribution >= 0.6 is 12.4 Å². The molecule has 0 spiro atoms. The minimum Gasteiger partial charge on any atom is -0.381 e. The van der Waals surface area contributed by atoms with Gasteiger partial charge in [0.2, 0.25) is 5.91 Å². The molecule has 0 saturated carbocycles. The third-order valence-electron chi connectivity index (χ3n) is 3.72. The second kappa shape index (κ2) is 7.19. The summed E-state index contributed by atoms with van der Waals surface area (Å²) < 4.78 is 5.33. The lowest BCUT2D eigenvalue weighted by molar-refractivity contribution is -0.124. The zero-order chi connectivity index (χ0) is 11.4. The van der Waals surface area contributed by atoms with Crippen molar-refractivity contribution >= 4 is 18.3 Å². The Morgan fingerprint density at radius 2 is 2.06 bits per heavy atom. The molecule has 2 saturated heterocycles. The number of hydrogen-bond acceptors (Lipinski definition) is 3. The van der Waals surface area contributed by atoms with Gasteiger partial charge in [0, 0.05) is 19.3 Å². The second-order valence-electron chi connectivity index (χ2n) is 4.90. The van der Waals surface area contributed by atoms with Crippen molar-refractivity contribution in [3.63, 3.8) is 0 Å². The third-order valence-corrected chi connectivity index (χ3v) is 3.72. The highest BCUT2D eigenvalue weighted by Gasteiger charge is 2.26.